The SMILES string of the molecule is C=CC1C(C=C)C2c3ccc(-c4cc(-c5ccccc5)cc(-c5ccccc5)c4)cc3C1C1C=CC(CC1)CC1=CC(C1)C1C=CC2CC1. The molecule has 0 fully saturated rings. The zero-order valence-electron chi connectivity index (χ0n) is 28.6. The zero-order valence-corrected chi connectivity index (χ0v) is 28.6. The van der Waals surface area contributed by atoms with Crippen LogP contribution in [0.15, 0.2) is 158 Å². The molecule has 4 aromatic carbocycles. The molecule has 244 valence electrons. The van der Waals surface area contributed by atoms with Crippen LogP contribution in [0.5, 0.6) is 0 Å². The van der Waals surface area contributed by atoms with Gasteiger partial charge >= 0.3 is 0 Å². The third-order valence-corrected chi connectivity index (χ3v) is 13.0. The van der Waals surface area contributed by atoms with Crippen molar-refractivity contribution in [3.05, 3.63) is 169 Å². The molecule has 18 rings (SSSR count). The molecule has 49 heavy (non-hydrogen) atoms. The maximum Gasteiger partial charge on any atom is -0.00273 e. The van der Waals surface area contributed by atoms with Crippen LogP contribution in [0.3, 0.4) is 0 Å². The Morgan fingerprint density at radius 2 is 0.980 bits per heavy atom. The predicted molar refractivity (Wildman–Crippen MR) is 207 cm³/mol. The monoisotopic (exact) mass is 636 g/mol. The van der Waals surface area contributed by atoms with Crippen LogP contribution < -0.4 is 0 Å². The first kappa shape index (κ1) is 30.6. The molecular weight excluding hydrogens is 589 g/mol. The lowest BCUT2D eigenvalue weighted by Gasteiger charge is -2.49. The highest BCUT2D eigenvalue weighted by Gasteiger charge is 2.46. The summed E-state index contributed by atoms with van der Waals surface area (Å²) >= 11 is 0. The average Bonchev–Trinajstić information content (AvgIpc) is 3.15. The summed E-state index contributed by atoms with van der Waals surface area (Å²) < 4.78 is 0. The first-order valence-electron chi connectivity index (χ1n) is 18.9. The van der Waals surface area contributed by atoms with Gasteiger partial charge < -0.3 is 0 Å². The van der Waals surface area contributed by atoms with E-state index in [2.05, 4.69) is 153 Å². The zero-order chi connectivity index (χ0) is 32.9. The second-order valence-corrected chi connectivity index (χ2v) is 15.6. The lowest BCUT2D eigenvalue weighted by molar-refractivity contribution is 0.211. The Kier molecular flexibility index (Phi) is 8.00. The minimum absolute atomic E-state index is 0.363. The van der Waals surface area contributed by atoms with E-state index in [-0.39, 0.29) is 0 Å². The summed E-state index contributed by atoms with van der Waals surface area (Å²) in [5.41, 5.74) is 12.5. The van der Waals surface area contributed by atoms with Gasteiger partial charge in [0.2, 0.25) is 0 Å². The molecule has 9 atom stereocenters. The number of rotatable bonds is 5. The maximum atomic E-state index is 4.54. The minimum atomic E-state index is 0.363. The van der Waals surface area contributed by atoms with E-state index in [1.54, 1.807) is 16.7 Å². The van der Waals surface area contributed by atoms with Gasteiger partial charge in [-0.05, 0) is 154 Å². The Bertz CT molecular complexity index is 1900. The topological polar surface area (TPSA) is 0 Å². The molecule has 0 heterocycles. The van der Waals surface area contributed by atoms with Crippen LogP contribution in [0.1, 0.15) is 61.5 Å². The number of hydrogen-bond donors (Lipinski definition) is 0. The van der Waals surface area contributed by atoms with Crippen LogP contribution in [0, 0.1) is 41.4 Å². The van der Waals surface area contributed by atoms with Crippen LogP contribution in [-0.2, 0) is 0 Å². The summed E-state index contributed by atoms with van der Waals surface area (Å²) in [6, 6.07) is 36.4. The second kappa shape index (κ2) is 12.8. The van der Waals surface area contributed by atoms with Crippen molar-refractivity contribution in [2.24, 2.45) is 41.4 Å². The van der Waals surface area contributed by atoms with E-state index in [4.69, 9.17) is 0 Å². The summed E-state index contributed by atoms with van der Waals surface area (Å²) in [5, 5.41) is 0. The van der Waals surface area contributed by atoms with Gasteiger partial charge in [0, 0.05) is 0 Å². The quantitative estimate of drug-likeness (QED) is 0.191. The number of benzene rings is 4. The molecule has 0 aliphatic heterocycles. The van der Waals surface area contributed by atoms with Gasteiger partial charge in [0.25, 0.3) is 0 Å². The van der Waals surface area contributed by atoms with Crippen molar-refractivity contribution in [2.45, 2.75) is 50.4 Å². The van der Waals surface area contributed by atoms with E-state index >= 15 is 0 Å². The van der Waals surface area contributed by atoms with Crippen LogP contribution in [0.4, 0.5) is 0 Å². The Labute approximate surface area is 293 Å². The van der Waals surface area contributed by atoms with Gasteiger partial charge in [0.15, 0.2) is 0 Å². The van der Waals surface area contributed by atoms with Crippen molar-refractivity contribution < 1.29 is 0 Å². The summed E-state index contributed by atoms with van der Waals surface area (Å²) in [6.45, 7) is 9.04. The van der Waals surface area contributed by atoms with Gasteiger partial charge in [0.1, 0.15) is 0 Å². The molecule has 0 spiro atoms. The van der Waals surface area contributed by atoms with Gasteiger partial charge in [-0.3, -0.25) is 0 Å². The molecule has 14 aliphatic carbocycles. The number of allylic oxidation sites excluding steroid dienone is 8. The molecule has 0 aromatic heterocycles. The van der Waals surface area contributed by atoms with E-state index in [9.17, 15) is 0 Å². The highest BCUT2D eigenvalue weighted by Crippen LogP contribution is 2.57. The molecule has 0 nitrogen and oxygen atoms in total. The van der Waals surface area contributed by atoms with Crippen LogP contribution in [-0.4, -0.2) is 0 Å². The van der Waals surface area contributed by atoms with Crippen molar-refractivity contribution in [1.29, 1.82) is 0 Å². The fourth-order valence-corrected chi connectivity index (χ4v) is 10.5. The van der Waals surface area contributed by atoms with E-state index < -0.39 is 0 Å². The molecule has 0 amide bonds. The lowest BCUT2D eigenvalue weighted by Crippen LogP contribution is -2.38. The van der Waals surface area contributed by atoms with Crippen LogP contribution in [0.2, 0.25) is 0 Å². The fourth-order valence-electron chi connectivity index (χ4n) is 10.5. The molecule has 8 bridgehead atoms. The van der Waals surface area contributed by atoms with Crippen molar-refractivity contribution >= 4 is 0 Å². The summed E-state index contributed by atoms with van der Waals surface area (Å²) in [5.74, 6) is 4.73. The Morgan fingerprint density at radius 1 is 0.449 bits per heavy atom. The first-order chi connectivity index (χ1) is 24.2. The Morgan fingerprint density at radius 3 is 1.53 bits per heavy atom. The maximum absolute atomic E-state index is 4.54. The Balaban J connectivity index is 1.22. The van der Waals surface area contributed by atoms with Gasteiger partial charge in [-0.2, -0.15) is 0 Å². The average molecular weight is 637 g/mol. The van der Waals surface area contributed by atoms with Gasteiger partial charge in [-0.1, -0.05) is 127 Å². The molecule has 4 aromatic rings. The molecule has 14 aliphatic rings. The molecule has 0 N–H and O–H groups in total. The lowest BCUT2D eigenvalue weighted by atomic mass is 9.55. The molecule has 0 radical (unpaired) electrons. The molecule has 9 unspecified atom stereocenters. The number of hydrogen-bond acceptors (Lipinski definition) is 0. The largest absolute Gasteiger partial charge is 0.103 e. The van der Waals surface area contributed by atoms with Gasteiger partial charge in [-0.25, -0.2) is 0 Å². The molecule has 0 saturated heterocycles. The predicted octanol–water partition coefficient (Wildman–Crippen LogP) is 13.0. The van der Waals surface area contributed by atoms with Crippen molar-refractivity contribution in [3.63, 3.8) is 0 Å². The minimum Gasteiger partial charge on any atom is -0.103 e. The van der Waals surface area contributed by atoms with Crippen LogP contribution in [0.25, 0.3) is 33.4 Å². The first-order valence-corrected chi connectivity index (χ1v) is 18.9. The third-order valence-electron chi connectivity index (χ3n) is 13.0. The second-order valence-electron chi connectivity index (χ2n) is 15.6. The summed E-state index contributed by atoms with van der Waals surface area (Å²) in [6.07, 6.45) is 25.3. The third kappa shape index (κ3) is 5.54. The summed E-state index contributed by atoms with van der Waals surface area (Å²) in [4.78, 5) is 0. The standard InChI is InChI=1S/C49H48/c1-3-44-45(4-2)49-37-17-15-32(16-18-37)25-33-26-40(27-33)36-19-21-38(22-20-36)48(44)46-24-23-39(31-47(46)49)43-29-41(34-11-7-5-8-12-34)28-42(30-43)35-13-9-6-10-14-35/h3-15,17,19,21,23-24,26,28-32,36-38,40,44-45,48-49H,1-2,16,18,20,22,25,27H2. The van der Waals surface area contributed by atoms with E-state index in [0.29, 0.717) is 47.3 Å². The molecule has 0 saturated carbocycles. The van der Waals surface area contributed by atoms with Gasteiger partial charge in [0.05, 0.1) is 0 Å². The van der Waals surface area contributed by atoms with Crippen molar-refractivity contribution in [3.8, 4) is 33.4 Å². The fraction of sp³-hybridized carbons (Fsp3) is 0.306. The Hall–Kier alpha value is -4.42. The molecule has 0 heteroatoms. The van der Waals surface area contributed by atoms with Crippen molar-refractivity contribution in [1.82, 2.24) is 0 Å². The van der Waals surface area contributed by atoms with Crippen LogP contribution >= 0.6 is 0 Å². The van der Waals surface area contributed by atoms with E-state index in [1.807, 2.05) is 0 Å². The van der Waals surface area contributed by atoms with Crippen molar-refractivity contribution in [2.75, 3.05) is 0 Å². The highest BCUT2D eigenvalue weighted by atomic mass is 14.5. The normalized spacial score (nSPS) is 31.1. The summed E-state index contributed by atoms with van der Waals surface area (Å²) in [7, 11) is 0. The molecular formula is C49H48. The van der Waals surface area contributed by atoms with E-state index in [0.717, 1.165) is 5.92 Å². The van der Waals surface area contributed by atoms with E-state index in [1.165, 1.54) is 71.9 Å². The van der Waals surface area contributed by atoms with Gasteiger partial charge in [-0.15, -0.1) is 13.2 Å². The smallest absolute Gasteiger partial charge is 0.00273 e. The highest BCUT2D eigenvalue weighted by molar-refractivity contribution is 5.81.